The first-order chi connectivity index (χ1) is 8.15. The van der Waals surface area contributed by atoms with Crippen LogP contribution >= 0.6 is 0 Å². The van der Waals surface area contributed by atoms with Crippen LogP contribution in [0.2, 0.25) is 0 Å². The molecule has 2 rings (SSSR count). The molecule has 1 saturated carbocycles. The number of unbranched alkanes of at least 4 members (excludes halogenated alkanes) is 1. The number of carbonyl (C=O) groups excluding carboxylic acids is 1. The highest BCUT2D eigenvalue weighted by molar-refractivity contribution is 5.80. The van der Waals surface area contributed by atoms with E-state index in [4.69, 9.17) is 4.74 Å². The van der Waals surface area contributed by atoms with Crippen molar-refractivity contribution in [1.29, 1.82) is 0 Å². The first kappa shape index (κ1) is 12.5. The molecule has 0 aromatic carbocycles. The molecule has 17 heavy (non-hydrogen) atoms. The quantitative estimate of drug-likeness (QED) is 0.541. The van der Waals surface area contributed by atoms with Crippen LogP contribution in [0.5, 0.6) is 0 Å². The van der Waals surface area contributed by atoms with Crippen LogP contribution in [0.4, 0.5) is 0 Å². The van der Waals surface area contributed by atoms with Crippen molar-refractivity contribution >= 4 is 5.97 Å². The van der Waals surface area contributed by atoms with Crippen LogP contribution in [-0.2, 0) is 9.53 Å². The van der Waals surface area contributed by atoms with Crippen molar-refractivity contribution in [3.8, 4) is 11.8 Å². The largest absolute Gasteiger partial charge is 0.465 e. The molecule has 1 aliphatic heterocycles. The number of fused-ring (bicyclic) bond motifs is 1. The molecule has 0 aromatic heterocycles. The summed E-state index contributed by atoms with van der Waals surface area (Å²) in [6.07, 6.45) is 7.14. The Morgan fingerprint density at radius 1 is 1.29 bits per heavy atom. The van der Waals surface area contributed by atoms with Crippen LogP contribution in [0.25, 0.3) is 0 Å². The standard InChI is InChI=1S/C15H22O2/c1-3-4-5-6-10-15-11-8-7-9-14(15,2)12-17-13(15)16/h3-4,7-12H2,1-2H3/t14-,15+/m1/s1. The third-order valence-electron chi connectivity index (χ3n) is 4.54. The molecule has 0 N–H and O–H groups in total. The van der Waals surface area contributed by atoms with E-state index >= 15 is 0 Å². The van der Waals surface area contributed by atoms with Crippen LogP contribution in [0, 0.1) is 22.7 Å². The number of carbonyl (C=O) groups is 1. The highest BCUT2D eigenvalue weighted by atomic mass is 16.5. The number of hydrogen-bond donors (Lipinski definition) is 0. The average Bonchev–Trinajstić information content (AvgIpc) is 2.59. The Morgan fingerprint density at radius 2 is 2.06 bits per heavy atom. The fourth-order valence-electron chi connectivity index (χ4n) is 3.21. The van der Waals surface area contributed by atoms with Crippen molar-refractivity contribution in [1.82, 2.24) is 0 Å². The van der Waals surface area contributed by atoms with Crippen molar-refractivity contribution in [3.05, 3.63) is 0 Å². The molecule has 0 bridgehead atoms. The molecule has 1 aliphatic carbocycles. The zero-order valence-electron chi connectivity index (χ0n) is 11.0. The van der Waals surface area contributed by atoms with E-state index < -0.39 is 0 Å². The van der Waals surface area contributed by atoms with Gasteiger partial charge in [0, 0.05) is 18.3 Å². The first-order valence-corrected chi connectivity index (χ1v) is 6.78. The van der Waals surface area contributed by atoms with Crippen LogP contribution in [0.1, 0.15) is 58.8 Å². The topological polar surface area (TPSA) is 26.3 Å². The maximum Gasteiger partial charge on any atom is 0.313 e. The highest BCUT2D eigenvalue weighted by Crippen LogP contribution is 2.57. The second kappa shape index (κ2) is 4.72. The third kappa shape index (κ3) is 1.97. The van der Waals surface area contributed by atoms with E-state index in [0.717, 1.165) is 32.1 Å². The van der Waals surface area contributed by atoms with Crippen LogP contribution < -0.4 is 0 Å². The molecule has 2 aliphatic rings. The first-order valence-electron chi connectivity index (χ1n) is 6.78. The maximum atomic E-state index is 12.1. The molecule has 0 unspecified atom stereocenters. The van der Waals surface area contributed by atoms with E-state index in [0.29, 0.717) is 13.0 Å². The molecule has 0 spiro atoms. The summed E-state index contributed by atoms with van der Waals surface area (Å²) < 4.78 is 5.36. The highest BCUT2D eigenvalue weighted by Gasteiger charge is 2.60. The van der Waals surface area contributed by atoms with Crippen molar-refractivity contribution in [3.63, 3.8) is 0 Å². The van der Waals surface area contributed by atoms with E-state index in [1.807, 2.05) is 0 Å². The van der Waals surface area contributed by atoms with Gasteiger partial charge in [-0.2, -0.15) is 0 Å². The lowest BCUT2D eigenvalue weighted by molar-refractivity contribution is -0.148. The van der Waals surface area contributed by atoms with Gasteiger partial charge in [0.05, 0.1) is 12.0 Å². The Bertz CT molecular complexity index is 363. The molecule has 2 atom stereocenters. The Hall–Kier alpha value is -0.970. The van der Waals surface area contributed by atoms with Crippen LogP contribution in [-0.4, -0.2) is 12.6 Å². The summed E-state index contributed by atoms with van der Waals surface area (Å²) in [4.78, 5) is 12.1. The van der Waals surface area contributed by atoms with E-state index in [-0.39, 0.29) is 16.8 Å². The summed E-state index contributed by atoms with van der Waals surface area (Å²) in [5.41, 5.74) is -0.269. The smallest absolute Gasteiger partial charge is 0.313 e. The van der Waals surface area contributed by atoms with Gasteiger partial charge >= 0.3 is 5.97 Å². The van der Waals surface area contributed by atoms with E-state index in [1.54, 1.807) is 0 Å². The molecule has 0 radical (unpaired) electrons. The monoisotopic (exact) mass is 234 g/mol. The summed E-state index contributed by atoms with van der Waals surface area (Å²) in [5, 5.41) is 0. The lowest BCUT2D eigenvalue weighted by Crippen LogP contribution is -2.43. The van der Waals surface area contributed by atoms with Gasteiger partial charge in [0.25, 0.3) is 0 Å². The van der Waals surface area contributed by atoms with Crippen molar-refractivity contribution in [2.24, 2.45) is 10.8 Å². The Morgan fingerprint density at radius 3 is 2.82 bits per heavy atom. The minimum absolute atomic E-state index is 0.00509. The van der Waals surface area contributed by atoms with Gasteiger partial charge in [0.1, 0.15) is 0 Å². The average molecular weight is 234 g/mol. The van der Waals surface area contributed by atoms with Gasteiger partial charge in [-0.1, -0.05) is 26.7 Å². The lowest BCUT2D eigenvalue weighted by Gasteiger charge is -2.42. The second-order valence-corrected chi connectivity index (χ2v) is 5.71. The zero-order chi connectivity index (χ0) is 12.4. The minimum Gasteiger partial charge on any atom is -0.465 e. The summed E-state index contributed by atoms with van der Waals surface area (Å²) in [6, 6.07) is 0. The lowest BCUT2D eigenvalue weighted by atomic mass is 9.57. The molecular formula is C15H22O2. The minimum atomic E-state index is -0.300. The second-order valence-electron chi connectivity index (χ2n) is 5.71. The van der Waals surface area contributed by atoms with E-state index in [2.05, 4.69) is 25.7 Å². The van der Waals surface area contributed by atoms with Gasteiger partial charge in [0.2, 0.25) is 0 Å². The van der Waals surface area contributed by atoms with E-state index in [1.165, 1.54) is 6.42 Å². The summed E-state index contributed by atoms with van der Waals surface area (Å²) in [6.45, 7) is 4.93. The summed E-state index contributed by atoms with van der Waals surface area (Å²) in [5.74, 6) is 6.40. The van der Waals surface area contributed by atoms with Crippen molar-refractivity contribution < 1.29 is 9.53 Å². The third-order valence-corrected chi connectivity index (χ3v) is 4.54. The molecule has 2 fully saturated rings. The van der Waals surface area contributed by atoms with Gasteiger partial charge in [-0.25, -0.2) is 0 Å². The zero-order valence-corrected chi connectivity index (χ0v) is 11.0. The fourth-order valence-corrected chi connectivity index (χ4v) is 3.21. The van der Waals surface area contributed by atoms with Gasteiger partial charge < -0.3 is 4.74 Å². The molecule has 1 saturated heterocycles. The predicted molar refractivity (Wildman–Crippen MR) is 67.3 cm³/mol. The molecule has 0 aromatic rings. The van der Waals surface area contributed by atoms with Crippen molar-refractivity contribution in [2.75, 3.05) is 6.61 Å². The number of esters is 1. The molecule has 1 heterocycles. The Labute approximate surface area is 104 Å². The number of rotatable bonds is 2. The van der Waals surface area contributed by atoms with Gasteiger partial charge in [0.15, 0.2) is 0 Å². The summed E-state index contributed by atoms with van der Waals surface area (Å²) >= 11 is 0. The van der Waals surface area contributed by atoms with E-state index in [9.17, 15) is 4.79 Å². The SMILES string of the molecule is CCCC#CC[C@@]12CCCC[C@]1(C)COC2=O. The van der Waals surface area contributed by atoms with Gasteiger partial charge in [-0.3, -0.25) is 4.79 Å². The normalized spacial score (nSPS) is 35.8. The molecule has 0 amide bonds. The predicted octanol–water partition coefficient (Wildman–Crippen LogP) is 3.30. The fraction of sp³-hybridized carbons (Fsp3) is 0.800. The molecule has 2 heteroatoms. The van der Waals surface area contributed by atoms with Crippen LogP contribution in [0.3, 0.4) is 0 Å². The molecule has 2 nitrogen and oxygen atoms in total. The maximum absolute atomic E-state index is 12.1. The number of ether oxygens (including phenoxy) is 1. The number of cyclic esters (lactones) is 1. The van der Waals surface area contributed by atoms with Crippen molar-refractivity contribution in [2.45, 2.75) is 58.8 Å². The van der Waals surface area contributed by atoms with Gasteiger partial charge in [-0.05, 0) is 19.3 Å². The Balaban J connectivity index is 2.18. The van der Waals surface area contributed by atoms with Crippen LogP contribution in [0.15, 0.2) is 0 Å². The van der Waals surface area contributed by atoms with Gasteiger partial charge in [-0.15, -0.1) is 11.8 Å². The molecule has 94 valence electrons. The molecular weight excluding hydrogens is 212 g/mol. The summed E-state index contributed by atoms with van der Waals surface area (Å²) in [7, 11) is 0. The Kier molecular flexibility index (Phi) is 3.47. The number of hydrogen-bond acceptors (Lipinski definition) is 2.